The van der Waals surface area contributed by atoms with Crippen LogP contribution in [0.2, 0.25) is 0 Å². The SMILES string of the molecule is O=C(Nc1ccc(C2CCCC2)cc1)c1cnccn1. The van der Waals surface area contributed by atoms with Gasteiger partial charge in [-0.15, -0.1) is 0 Å². The standard InChI is InChI=1S/C16H17N3O/c20-16(15-11-17-9-10-18-15)19-14-7-5-13(6-8-14)12-3-1-2-4-12/h5-12H,1-4H2,(H,19,20). The van der Waals surface area contributed by atoms with Crippen molar-refractivity contribution >= 4 is 11.6 Å². The number of hydrogen-bond donors (Lipinski definition) is 1. The molecule has 0 aliphatic heterocycles. The Kier molecular flexibility index (Phi) is 3.72. The first-order valence-electron chi connectivity index (χ1n) is 7.00. The van der Waals surface area contributed by atoms with Crippen molar-refractivity contribution in [3.05, 3.63) is 54.1 Å². The van der Waals surface area contributed by atoms with Crippen LogP contribution in [0.5, 0.6) is 0 Å². The molecule has 2 aromatic rings. The summed E-state index contributed by atoms with van der Waals surface area (Å²) in [6.07, 6.45) is 9.75. The van der Waals surface area contributed by atoms with Crippen LogP contribution in [0.3, 0.4) is 0 Å². The molecule has 1 aromatic heterocycles. The zero-order valence-corrected chi connectivity index (χ0v) is 11.2. The lowest BCUT2D eigenvalue weighted by molar-refractivity contribution is 0.102. The van der Waals surface area contributed by atoms with Gasteiger partial charge in [-0.1, -0.05) is 25.0 Å². The van der Waals surface area contributed by atoms with Crippen molar-refractivity contribution in [1.29, 1.82) is 0 Å². The Morgan fingerprint density at radius 2 is 1.85 bits per heavy atom. The Labute approximate surface area is 118 Å². The van der Waals surface area contributed by atoms with Gasteiger partial charge in [0.15, 0.2) is 0 Å². The third-order valence-corrected chi connectivity index (χ3v) is 3.79. The zero-order valence-electron chi connectivity index (χ0n) is 11.2. The van der Waals surface area contributed by atoms with Crippen molar-refractivity contribution in [1.82, 2.24) is 9.97 Å². The molecular formula is C16H17N3O. The summed E-state index contributed by atoms with van der Waals surface area (Å²) in [5.74, 6) is 0.464. The highest BCUT2D eigenvalue weighted by Gasteiger charge is 2.16. The summed E-state index contributed by atoms with van der Waals surface area (Å²) in [5.41, 5.74) is 2.50. The minimum Gasteiger partial charge on any atom is -0.321 e. The molecule has 0 bridgehead atoms. The smallest absolute Gasteiger partial charge is 0.275 e. The molecule has 102 valence electrons. The summed E-state index contributed by atoms with van der Waals surface area (Å²) in [6.45, 7) is 0. The lowest BCUT2D eigenvalue weighted by Crippen LogP contribution is -2.13. The highest BCUT2D eigenvalue weighted by Crippen LogP contribution is 2.34. The van der Waals surface area contributed by atoms with E-state index in [2.05, 4.69) is 27.4 Å². The van der Waals surface area contributed by atoms with Crippen LogP contribution in [-0.2, 0) is 0 Å². The molecule has 1 amide bonds. The lowest BCUT2D eigenvalue weighted by Gasteiger charge is -2.10. The van der Waals surface area contributed by atoms with Gasteiger partial charge < -0.3 is 5.32 Å². The van der Waals surface area contributed by atoms with Gasteiger partial charge >= 0.3 is 0 Å². The molecule has 3 rings (SSSR count). The van der Waals surface area contributed by atoms with Crippen LogP contribution in [0.1, 0.15) is 47.7 Å². The van der Waals surface area contributed by atoms with E-state index in [1.165, 1.54) is 43.6 Å². The molecule has 1 aliphatic carbocycles. The first-order valence-corrected chi connectivity index (χ1v) is 7.00. The van der Waals surface area contributed by atoms with Gasteiger partial charge in [-0.05, 0) is 36.5 Å². The molecule has 4 heteroatoms. The summed E-state index contributed by atoms with van der Waals surface area (Å²) in [7, 11) is 0. The van der Waals surface area contributed by atoms with Gasteiger partial charge in [-0.3, -0.25) is 9.78 Å². The molecule has 20 heavy (non-hydrogen) atoms. The highest BCUT2D eigenvalue weighted by molar-refractivity contribution is 6.02. The van der Waals surface area contributed by atoms with Crippen LogP contribution >= 0.6 is 0 Å². The number of nitrogens with one attached hydrogen (secondary N) is 1. The third-order valence-electron chi connectivity index (χ3n) is 3.79. The zero-order chi connectivity index (χ0) is 13.8. The molecule has 0 unspecified atom stereocenters. The molecule has 1 heterocycles. The Morgan fingerprint density at radius 1 is 1.10 bits per heavy atom. The van der Waals surface area contributed by atoms with Gasteiger partial charge in [0.05, 0.1) is 6.20 Å². The molecule has 0 spiro atoms. The number of rotatable bonds is 3. The fraction of sp³-hybridized carbons (Fsp3) is 0.312. The van der Waals surface area contributed by atoms with E-state index in [9.17, 15) is 4.79 Å². The number of aromatic nitrogens is 2. The molecule has 1 saturated carbocycles. The maximum atomic E-state index is 11.9. The molecule has 0 radical (unpaired) electrons. The molecule has 1 aromatic carbocycles. The minimum atomic E-state index is -0.230. The number of anilines is 1. The molecule has 1 N–H and O–H groups in total. The van der Waals surface area contributed by atoms with Crippen molar-refractivity contribution in [3.63, 3.8) is 0 Å². The van der Waals surface area contributed by atoms with E-state index in [-0.39, 0.29) is 5.91 Å². The van der Waals surface area contributed by atoms with Crippen LogP contribution in [0.25, 0.3) is 0 Å². The Balaban J connectivity index is 1.67. The van der Waals surface area contributed by atoms with Crippen molar-refractivity contribution in [3.8, 4) is 0 Å². The van der Waals surface area contributed by atoms with E-state index < -0.39 is 0 Å². The van der Waals surface area contributed by atoms with Gasteiger partial charge in [0, 0.05) is 18.1 Å². The number of hydrogen-bond acceptors (Lipinski definition) is 3. The van der Waals surface area contributed by atoms with Gasteiger partial charge in [0.1, 0.15) is 5.69 Å². The van der Waals surface area contributed by atoms with Gasteiger partial charge in [-0.2, -0.15) is 0 Å². The second kappa shape index (κ2) is 5.82. The Hall–Kier alpha value is -2.23. The Morgan fingerprint density at radius 3 is 2.50 bits per heavy atom. The van der Waals surface area contributed by atoms with Crippen LogP contribution in [0.15, 0.2) is 42.9 Å². The lowest BCUT2D eigenvalue weighted by atomic mass is 9.98. The van der Waals surface area contributed by atoms with Crippen LogP contribution < -0.4 is 5.32 Å². The maximum absolute atomic E-state index is 11.9. The van der Waals surface area contributed by atoms with Crippen LogP contribution in [0.4, 0.5) is 5.69 Å². The first kappa shape index (κ1) is 12.8. The fourth-order valence-corrected chi connectivity index (χ4v) is 2.71. The number of benzene rings is 1. The summed E-state index contributed by atoms with van der Waals surface area (Å²) >= 11 is 0. The summed E-state index contributed by atoms with van der Waals surface area (Å²) in [4.78, 5) is 19.8. The highest BCUT2D eigenvalue weighted by atomic mass is 16.1. The number of nitrogens with zero attached hydrogens (tertiary/aromatic N) is 2. The molecule has 1 fully saturated rings. The quantitative estimate of drug-likeness (QED) is 0.927. The number of amides is 1. The predicted octanol–water partition coefficient (Wildman–Crippen LogP) is 3.39. The third kappa shape index (κ3) is 2.85. The molecule has 1 aliphatic rings. The van der Waals surface area contributed by atoms with E-state index in [0.717, 1.165) is 5.69 Å². The molecule has 0 saturated heterocycles. The van der Waals surface area contributed by atoms with Gasteiger partial charge in [-0.25, -0.2) is 4.98 Å². The van der Waals surface area contributed by atoms with Gasteiger partial charge in [0.2, 0.25) is 0 Å². The van der Waals surface area contributed by atoms with E-state index in [4.69, 9.17) is 0 Å². The van der Waals surface area contributed by atoms with Crippen molar-refractivity contribution in [2.24, 2.45) is 0 Å². The van der Waals surface area contributed by atoms with E-state index in [1.54, 1.807) is 6.20 Å². The minimum absolute atomic E-state index is 0.230. The maximum Gasteiger partial charge on any atom is 0.275 e. The van der Waals surface area contributed by atoms with E-state index >= 15 is 0 Å². The van der Waals surface area contributed by atoms with Crippen molar-refractivity contribution < 1.29 is 4.79 Å². The summed E-state index contributed by atoms with van der Waals surface area (Å²) in [6, 6.07) is 8.15. The molecule has 0 atom stereocenters. The van der Waals surface area contributed by atoms with Crippen molar-refractivity contribution in [2.45, 2.75) is 31.6 Å². The molecular weight excluding hydrogens is 250 g/mol. The van der Waals surface area contributed by atoms with Crippen molar-refractivity contribution in [2.75, 3.05) is 5.32 Å². The fourth-order valence-electron chi connectivity index (χ4n) is 2.71. The van der Waals surface area contributed by atoms with E-state index in [0.29, 0.717) is 11.6 Å². The summed E-state index contributed by atoms with van der Waals surface area (Å²) < 4.78 is 0. The van der Waals surface area contributed by atoms with Crippen LogP contribution in [-0.4, -0.2) is 15.9 Å². The second-order valence-corrected chi connectivity index (χ2v) is 5.15. The van der Waals surface area contributed by atoms with E-state index in [1.807, 2.05) is 12.1 Å². The molecule has 4 nitrogen and oxygen atoms in total. The number of carbonyl (C=O) groups excluding carboxylic acids is 1. The summed E-state index contributed by atoms with van der Waals surface area (Å²) in [5, 5.41) is 2.83. The average molecular weight is 267 g/mol. The monoisotopic (exact) mass is 267 g/mol. The Bertz CT molecular complexity index is 574. The average Bonchev–Trinajstić information content (AvgIpc) is 3.03. The normalized spacial score (nSPS) is 15.2. The first-order chi connectivity index (χ1) is 9.83. The van der Waals surface area contributed by atoms with Gasteiger partial charge in [0.25, 0.3) is 5.91 Å². The predicted molar refractivity (Wildman–Crippen MR) is 77.6 cm³/mol. The van der Waals surface area contributed by atoms with Crippen LogP contribution in [0, 0.1) is 0 Å². The second-order valence-electron chi connectivity index (χ2n) is 5.15. The largest absolute Gasteiger partial charge is 0.321 e. The number of carbonyl (C=O) groups is 1. The topological polar surface area (TPSA) is 54.9 Å².